The molecule has 0 saturated heterocycles. The monoisotopic (exact) mass is 208 g/mol. The lowest BCUT2D eigenvalue weighted by Gasteiger charge is -1.99. The van der Waals surface area contributed by atoms with Gasteiger partial charge in [0.2, 0.25) is 0 Å². The van der Waals surface area contributed by atoms with Crippen LogP contribution in [0.2, 0.25) is 0 Å². The molecule has 1 aromatic rings. The quantitative estimate of drug-likeness (QED) is 0.754. The van der Waals surface area contributed by atoms with Gasteiger partial charge in [-0.3, -0.25) is 4.79 Å². The molecule has 1 heterocycles. The Bertz CT molecular complexity index is 342. The van der Waals surface area contributed by atoms with Gasteiger partial charge in [0.15, 0.2) is 5.69 Å². The fourth-order valence-corrected chi connectivity index (χ4v) is 1.43. The summed E-state index contributed by atoms with van der Waals surface area (Å²) in [5.74, 6) is 1.24. The second-order valence-electron chi connectivity index (χ2n) is 4.00. The first kappa shape index (κ1) is 10.2. The molecule has 1 saturated carbocycles. The Morgan fingerprint density at radius 2 is 2.47 bits per heavy atom. The van der Waals surface area contributed by atoms with E-state index in [2.05, 4.69) is 17.4 Å². The van der Waals surface area contributed by atoms with Gasteiger partial charge < -0.3 is 9.84 Å². The number of aromatic nitrogens is 1. The van der Waals surface area contributed by atoms with Crippen molar-refractivity contribution in [3.63, 3.8) is 0 Å². The number of hydrogen-bond donors (Lipinski definition) is 1. The summed E-state index contributed by atoms with van der Waals surface area (Å²) in [7, 11) is 0. The molecule has 1 N–H and O–H groups in total. The Balaban J connectivity index is 1.87. The number of nitrogens with zero attached hydrogens (tertiary/aromatic N) is 1. The van der Waals surface area contributed by atoms with Gasteiger partial charge in [-0.2, -0.15) is 0 Å². The van der Waals surface area contributed by atoms with Crippen molar-refractivity contribution in [2.45, 2.75) is 38.5 Å². The smallest absolute Gasteiger partial charge is 0.273 e. The van der Waals surface area contributed by atoms with Gasteiger partial charge in [0.1, 0.15) is 5.76 Å². The molecule has 1 amide bonds. The Morgan fingerprint density at radius 1 is 1.67 bits per heavy atom. The average Bonchev–Trinajstić information content (AvgIpc) is 2.97. The molecule has 0 atom stereocenters. The molecule has 0 aliphatic heterocycles. The van der Waals surface area contributed by atoms with Crippen molar-refractivity contribution in [2.24, 2.45) is 0 Å². The summed E-state index contributed by atoms with van der Waals surface area (Å²) in [4.78, 5) is 11.5. The lowest BCUT2D eigenvalue weighted by molar-refractivity contribution is 0.0944. The van der Waals surface area contributed by atoms with E-state index in [0.29, 0.717) is 18.2 Å². The molecule has 0 spiro atoms. The highest BCUT2D eigenvalue weighted by atomic mass is 16.5. The Labute approximate surface area is 89.0 Å². The standard InChI is InChI=1S/C11H16N2O2/c1-2-3-6-12-11(14)9-7-10(15-13-9)8-4-5-8/h7-8H,2-6H2,1H3,(H,12,14). The minimum absolute atomic E-state index is 0.126. The molecular formula is C11H16N2O2. The van der Waals surface area contributed by atoms with E-state index in [1.54, 1.807) is 6.07 Å². The molecule has 1 fully saturated rings. The Morgan fingerprint density at radius 3 is 3.13 bits per heavy atom. The van der Waals surface area contributed by atoms with Crippen molar-refractivity contribution in [3.05, 3.63) is 17.5 Å². The van der Waals surface area contributed by atoms with Gasteiger partial charge in [-0.05, 0) is 19.3 Å². The van der Waals surface area contributed by atoms with Crippen LogP contribution in [0.25, 0.3) is 0 Å². The predicted molar refractivity (Wildman–Crippen MR) is 55.7 cm³/mol. The van der Waals surface area contributed by atoms with Gasteiger partial charge >= 0.3 is 0 Å². The highest BCUT2D eigenvalue weighted by Gasteiger charge is 2.28. The van der Waals surface area contributed by atoms with Crippen molar-refractivity contribution in [1.29, 1.82) is 0 Å². The van der Waals surface area contributed by atoms with Crippen LogP contribution in [0.5, 0.6) is 0 Å². The van der Waals surface area contributed by atoms with Crippen LogP contribution in [0, 0.1) is 0 Å². The molecular weight excluding hydrogens is 192 g/mol. The van der Waals surface area contributed by atoms with E-state index in [1.165, 1.54) is 0 Å². The van der Waals surface area contributed by atoms with Crippen LogP contribution in [0.3, 0.4) is 0 Å². The first-order chi connectivity index (χ1) is 7.31. The van der Waals surface area contributed by atoms with E-state index in [0.717, 1.165) is 31.4 Å². The SMILES string of the molecule is CCCCNC(=O)c1cc(C2CC2)on1. The summed E-state index contributed by atoms with van der Waals surface area (Å²) >= 11 is 0. The number of amides is 1. The summed E-state index contributed by atoms with van der Waals surface area (Å²) < 4.78 is 5.11. The van der Waals surface area contributed by atoms with Crippen molar-refractivity contribution in [3.8, 4) is 0 Å². The first-order valence-corrected chi connectivity index (χ1v) is 5.56. The van der Waals surface area contributed by atoms with Crippen LogP contribution >= 0.6 is 0 Å². The molecule has 4 heteroatoms. The zero-order valence-electron chi connectivity index (χ0n) is 8.95. The molecule has 1 aromatic heterocycles. The maximum Gasteiger partial charge on any atom is 0.273 e. The third-order valence-corrected chi connectivity index (χ3v) is 2.56. The van der Waals surface area contributed by atoms with Crippen LogP contribution in [-0.2, 0) is 0 Å². The van der Waals surface area contributed by atoms with E-state index in [-0.39, 0.29) is 5.91 Å². The van der Waals surface area contributed by atoms with Crippen molar-refractivity contribution in [1.82, 2.24) is 10.5 Å². The second-order valence-corrected chi connectivity index (χ2v) is 4.00. The molecule has 0 aromatic carbocycles. The van der Waals surface area contributed by atoms with Crippen molar-refractivity contribution in [2.75, 3.05) is 6.54 Å². The highest BCUT2D eigenvalue weighted by Crippen LogP contribution is 2.40. The highest BCUT2D eigenvalue weighted by molar-refractivity contribution is 5.92. The summed E-state index contributed by atoms with van der Waals surface area (Å²) in [6.45, 7) is 2.80. The average molecular weight is 208 g/mol. The van der Waals surface area contributed by atoms with Gasteiger partial charge in [-0.15, -0.1) is 0 Å². The molecule has 15 heavy (non-hydrogen) atoms. The zero-order valence-corrected chi connectivity index (χ0v) is 8.95. The van der Waals surface area contributed by atoms with Gasteiger partial charge in [0, 0.05) is 18.5 Å². The maximum atomic E-state index is 11.5. The Kier molecular flexibility index (Phi) is 3.04. The number of unbranched alkanes of at least 4 members (excludes halogenated alkanes) is 1. The second kappa shape index (κ2) is 4.47. The fraction of sp³-hybridized carbons (Fsp3) is 0.636. The maximum absolute atomic E-state index is 11.5. The zero-order chi connectivity index (χ0) is 10.7. The van der Waals surface area contributed by atoms with Crippen LogP contribution in [0.4, 0.5) is 0 Å². The molecule has 0 bridgehead atoms. The number of carbonyl (C=O) groups is 1. The topological polar surface area (TPSA) is 55.1 Å². The van der Waals surface area contributed by atoms with E-state index < -0.39 is 0 Å². The van der Waals surface area contributed by atoms with Gasteiger partial charge in [-0.1, -0.05) is 18.5 Å². The van der Waals surface area contributed by atoms with E-state index in [1.807, 2.05) is 0 Å². The minimum atomic E-state index is -0.126. The molecule has 0 unspecified atom stereocenters. The third-order valence-electron chi connectivity index (χ3n) is 2.56. The van der Waals surface area contributed by atoms with Crippen LogP contribution < -0.4 is 5.32 Å². The minimum Gasteiger partial charge on any atom is -0.360 e. The van der Waals surface area contributed by atoms with E-state index in [4.69, 9.17) is 4.52 Å². The molecule has 0 radical (unpaired) electrons. The number of nitrogens with one attached hydrogen (secondary N) is 1. The molecule has 4 nitrogen and oxygen atoms in total. The predicted octanol–water partition coefficient (Wildman–Crippen LogP) is 2.08. The Hall–Kier alpha value is -1.32. The van der Waals surface area contributed by atoms with Crippen molar-refractivity contribution < 1.29 is 9.32 Å². The molecule has 1 aliphatic rings. The third kappa shape index (κ3) is 2.58. The van der Waals surface area contributed by atoms with Gasteiger partial charge in [0.05, 0.1) is 0 Å². The van der Waals surface area contributed by atoms with Crippen LogP contribution in [-0.4, -0.2) is 17.6 Å². The summed E-state index contributed by atoms with van der Waals surface area (Å²) in [5.41, 5.74) is 0.410. The molecule has 1 aliphatic carbocycles. The molecule has 2 rings (SSSR count). The lowest BCUT2D eigenvalue weighted by Crippen LogP contribution is -2.24. The van der Waals surface area contributed by atoms with Crippen LogP contribution in [0.15, 0.2) is 10.6 Å². The fourth-order valence-electron chi connectivity index (χ4n) is 1.43. The number of hydrogen-bond acceptors (Lipinski definition) is 3. The van der Waals surface area contributed by atoms with Gasteiger partial charge in [0.25, 0.3) is 5.91 Å². The summed E-state index contributed by atoms with van der Waals surface area (Å²) in [6, 6.07) is 1.76. The number of carbonyl (C=O) groups excluding carboxylic acids is 1. The van der Waals surface area contributed by atoms with E-state index >= 15 is 0 Å². The number of rotatable bonds is 5. The summed E-state index contributed by atoms with van der Waals surface area (Å²) in [5, 5.41) is 6.58. The van der Waals surface area contributed by atoms with Gasteiger partial charge in [-0.25, -0.2) is 0 Å². The van der Waals surface area contributed by atoms with E-state index in [9.17, 15) is 4.79 Å². The largest absolute Gasteiger partial charge is 0.360 e. The van der Waals surface area contributed by atoms with Crippen LogP contribution in [0.1, 0.15) is 54.8 Å². The first-order valence-electron chi connectivity index (χ1n) is 5.56. The summed E-state index contributed by atoms with van der Waals surface area (Å²) in [6.07, 6.45) is 4.39. The normalized spacial score (nSPS) is 15.3. The van der Waals surface area contributed by atoms with Crippen molar-refractivity contribution >= 4 is 5.91 Å². The molecule has 82 valence electrons. The lowest BCUT2D eigenvalue weighted by atomic mass is 10.2.